The molecule has 1 aromatic carbocycles. The predicted octanol–water partition coefficient (Wildman–Crippen LogP) is 0.303. The number of methoxy groups -OCH3 is 1. The van der Waals surface area contributed by atoms with E-state index in [0.717, 1.165) is 25.7 Å². The maximum atomic E-state index is 12.3. The molecule has 0 spiro atoms. The minimum Gasteiger partial charge on any atom is -0.854 e. The van der Waals surface area contributed by atoms with E-state index in [2.05, 4.69) is 10.3 Å². The molecule has 1 fully saturated rings. The van der Waals surface area contributed by atoms with Gasteiger partial charge < -0.3 is 9.84 Å². The van der Waals surface area contributed by atoms with E-state index in [1.807, 2.05) is 0 Å². The lowest BCUT2D eigenvalue weighted by atomic mass is 10.2. The summed E-state index contributed by atoms with van der Waals surface area (Å²) in [5, 5.41) is 14.7. The normalized spacial score (nSPS) is 16.1. The molecule has 0 saturated heterocycles. The van der Waals surface area contributed by atoms with Crippen molar-refractivity contribution in [1.29, 1.82) is 0 Å². The quantitative estimate of drug-likeness (QED) is 0.499. The fourth-order valence-corrected chi connectivity index (χ4v) is 2.63. The average Bonchev–Trinajstić information content (AvgIpc) is 3.17. The summed E-state index contributed by atoms with van der Waals surface area (Å²) in [6.45, 7) is 0. The van der Waals surface area contributed by atoms with Crippen LogP contribution in [0.4, 0.5) is 0 Å². The molecule has 0 aliphatic heterocycles. The number of rotatable bonds is 4. The van der Waals surface area contributed by atoms with Gasteiger partial charge >= 0.3 is 11.3 Å². The monoisotopic (exact) mass is 303 g/mol. The van der Waals surface area contributed by atoms with Gasteiger partial charge in [-0.1, -0.05) is 12.8 Å². The van der Waals surface area contributed by atoms with Crippen molar-refractivity contribution in [3.8, 4) is 11.4 Å². The summed E-state index contributed by atoms with van der Waals surface area (Å²) in [4.78, 5) is 16.0. The molecular formula is C15H17N3O4. The summed E-state index contributed by atoms with van der Waals surface area (Å²) in [5.41, 5.74) is -0.240. The highest BCUT2D eigenvalue weighted by Crippen LogP contribution is 2.21. The molecule has 7 nitrogen and oxygen atoms in total. The van der Waals surface area contributed by atoms with Gasteiger partial charge in [0.15, 0.2) is 0 Å². The Labute approximate surface area is 126 Å². The van der Waals surface area contributed by atoms with Crippen LogP contribution in [0.3, 0.4) is 0 Å². The van der Waals surface area contributed by atoms with Gasteiger partial charge in [0.1, 0.15) is 5.75 Å². The Kier molecular flexibility index (Phi) is 3.95. The molecule has 1 aliphatic rings. The van der Waals surface area contributed by atoms with Gasteiger partial charge in [-0.05, 0) is 34.9 Å². The van der Waals surface area contributed by atoms with E-state index in [1.54, 1.807) is 31.4 Å². The summed E-state index contributed by atoms with van der Waals surface area (Å²) < 4.78 is 11.2. The minimum atomic E-state index is -0.720. The van der Waals surface area contributed by atoms with Gasteiger partial charge in [0.05, 0.1) is 13.0 Å². The third-order valence-electron chi connectivity index (χ3n) is 3.80. The Hall–Kier alpha value is -2.57. The van der Waals surface area contributed by atoms with Gasteiger partial charge in [0.25, 0.3) is 0 Å². The van der Waals surface area contributed by atoms with Gasteiger partial charge in [-0.3, -0.25) is 9.52 Å². The van der Waals surface area contributed by atoms with Crippen molar-refractivity contribution in [2.45, 2.75) is 31.7 Å². The molecule has 1 aromatic heterocycles. The number of H-pyrrole nitrogens is 1. The highest BCUT2D eigenvalue weighted by atomic mass is 16.5. The molecule has 2 aromatic rings. The summed E-state index contributed by atoms with van der Waals surface area (Å²) >= 11 is 0. The number of hydrogen-bond acceptors (Lipinski definition) is 5. The maximum absolute atomic E-state index is 12.3. The molecule has 0 atom stereocenters. The topological polar surface area (TPSA) is 94.5 Å². The standard InChI is InChI=1S/C15H17N3O4/c1-21-12-8-6-11(7-9-12)18-13(15(20)22-17-18)14(19)16-10-4-2-3-5-10/h6-10H,2-5H2,1H3,(H-,16,17,19,20). The number of nitrogens with one attached hydrogen (secondary N) is 1. The second-order valence-corrected chi connectivity index (χ2v) is 5.24. The van der Waals surface area contributed by atoms with Crippen molar-refractivity contribution in [2.75, 3.05) is 7.11 Å². The van der Waals surface area contributed by atoms with Crippen molar-refractivity contribution in [3.63, 3.8) is 0 Å². The molecular weight excluding hydrogens is 286 g/mol. The highest BCUT2D eigenvalue weighted by molar-refractivity contribution is 5.86. The number of nitrogens with zero attached hydrogens (tertiary/aromatic N) is 2. The fourth-order valence-electron chi connectivity index (χ4n) is 2.63. The molecule has 3 rings (SSSR count). The molecule has 0 radical (unpaired) electrons. The summed E-state index contributed by atoms with van der Waals surface area (Å²) in [5.74, 6) is 0.136. The van der Waals surface area contributed by atoms with Crippen LogP contribution in [0.25, 0.3) is 5.69 Å². The molecule has 0 unspecified atom stereocenters. The molecule has 1 saturated carbocycles. The van der Waals surface area contributed by atoms with Crippen LogP contribution in [0.1, 0.15) is 31.4 Å². The first-order valence-electron chi connectivity index (χ1n) is 7.22. The van der Waals surface area contributed by atoms with Gasteiger partial charge in [0, 0.05) is 18.2 Å². The van der Waals surface area contributed by atoms with Crippen LogP contribution in [0, 0.1) is 0 Å². The van der Waals surface area contributed by atoms with E-state index in [9.17, 15) is 9.90 Å². The summed E-state index contributed by atoms with van der Waals surface area (Å²) in [6.07, 6.45) is 3.93. The van der Waals surface area contributed by atoms with Gasteiger partial charge in [0.2, 0.25) is 5.69 Å². The molecule has 0 amide bonds. The number of aliphatic imine (C=N–C) groups is 1. The van der Waals surface area contributed by atoms with Crippen LogP contribution in [0.15, 0.2) is 38.6 Å². The van der Waals surface area contributed by atoms with E-state index < -0.39 is 11.5 Å². The van der Waals surface area contributed by atoms with E-state index in [1.165, 1.54) is 4.68 Å². The van der Waals surface area contributed by atoms with Gasteiger partial charge in [-0.2, -0.15) is 0 Å². The number of ether oxygens (including phenoxy) is 1. The molecule has 1 aliphatic carbocycles. The summed E-state index contributed by atoms with van der Waals surface area (Å²) in [6, 6.07) is 6.91. The predicted molar refractivity (Wildman–Crippen MR) is 76.2 cm³/mol. The smallest absolute Gasteiger partial charge is 0.436 e. The molecule has 1 N–H and O–H groups in total. The number of aromatic amines is 1. The van der Waals surface area contributed by atoms with Crippen molar-refractivity contribution in [2.24, 2.45) is 4.99 Å². The second kappa shape index (κ2) is 6.05. The Balaban J connectivity index is 1.97. The van der Waals surface area contributed by atoms with Crippen LogP contribution < -0.4 is 20.2 Å². The van der Waals surface area contributed by atoms with E-state index >= 15 is 0 Å². The largest absolute Gasteiger partial charge is 0.854 e. The van der Waals surface area contributed by atoms with E-state index in [-0.39, 0.29) is 11.7 Å². The molecule has 116 valence electrons. The lowest BCUT2D eigenvalue weighted by Crippen LogP contribution is -2.45. The van der Waals surface area contributed by atoms with E-state index in [0.29, 0.717) is 11.4 Å². The minimum absolute atomic E-state index is 0.00566. The number of benzene rings is 1. The zero-order valence-corrected chi connectivity index (χ0v) is 12.2. The lowest BCUT2D eigenvalue weighted by molar-refractivity contribution is -0.673. The van der Waals surface area contributed by atoms with Crippen LogP contribution in [0.2, 0.25) is 0 Å². The zero-order valence-electron chi connectivity index (χ0n) is 12.2. The van der Waals surface area contributed by atoms with Crippen molar-refractivity contribution in [1.82, 2.24) is 5.27 Å². The van der Waals surface area contributed by atoms with Crippen LogP contribution >= 0.6 is 0 Å². The maximum Gasteiger partial charge on any atom is 0.436 e. The number of hydrogen-bond donors (Lipinski definition) is 1. The molecule has 0 bridgehead atoms. The first-order valence-corrected chi connectivity index (χ1v) is 7.22. The van der Waals surface area contributed by atoms with Gasteiger partial charge in [-0.15, -0.1) is 0 Å². The molecule has 1 heterocycles. The second-order valence-electron chi connectivity index (χ2n) is 5.24. The molecule has 22 heavy (non-hydrogen) atoms. The Morgan fingerprint density at radius 1 is 1.36 bits per heavy atom. The first kappa shape index (κ1) is 14.4. The average molecular weight is 303 g/mol. The Bertz CT molecular complexity index is 724. The third-order valence-corrected chi connectivity index (χ3v) is 3.80. The fraction of sp³-hybridized carbons (Fsp3) is 0.400. The zero-order chi connectivity index (χ0) is 15.5. The first-order chi connectivity index (χ1) is 10.7. The Morgan fingerprint density at radius 3 is 2.68 bits per heavy atom. The molecule has 7 heteroatoms. The van der Waals surface area contributed by atoms with Crippen molar-refractivity contribution < 1.29 is 19.0 Å². The summed E-state index contributed by atoms with van der Waals surface area (Å²) in [7, 11) is 1.57. The third kappa shape index (κ3) is 2.74. The van der Waals surface area contributed by atoms with E-state index in [4.69, 9.17) is 9.26 Å². The van der Waals surface area contributed by atoms with Crippen LogP contribution in [-0.4, -0.2) is 24.3 Å². The lowest BCUT2D eigenvalue weighted by Gasteiger charge is -2.08. The van der Waals surface area contributed by atoms with Crippen LogP contribution in [0.5, 0.6) is 5.75 Å². The Morgan fingerprint density at radius 2 is 2.05 bits per heavy atom. The van der Waals surface area contributed by atoms with Crippen molar-refractivity contribution in [3.05, 3.63) is 40.4 Å². The SMILES string of the molecule is COc1ccc(-[n+]2[nH]oc(=O)c2C([O-])=NC2CCCC2)cc1. The van der Waals surface area contributed by atoms with Crippen molar-refractivity contribution >= 4 is 5.90 Å². The van der Waals surface area contributed by atoms with Gasteiger partial charge in [-0.25, -0.2) is 4.79 Å². The highest BCUT2D eigenvalue weighted by Gasteiger charge is 2.25. The number of aromatic nitrogens is 2. The van der Waals surface area contributed by atoms with Crippen LogP contribution in [-0.2, 0) is 0 Å².